The molecule has 2 aromatic rings. The zero-order valence-electron chi connectivity index (χ0n) is 16.4. The minimum absolute atomic E-state index is 0.0615. The Kier molecular flexibility index (Phi) is 6.63. The number of ether oxygens (including phenoxy) is 1. The third-order valence-electron chi connectivity index (χ3n) is 4.15. The number of hydrogen-bond acceptors (Lipinski definition) is 6. The van der Waals surface area contributed by atoms with Gasteiger partial charge in [0.2, 0.25) is 10.0 Å². The molecule has 0 saturated heterocycles. The fourth-order valence-electron chi connectivity index (χ4n) is 2.50. The molecular weight excluding hydrogens is 382 g/mol. The highest BCUT2D eigenvalue weighted by Gasteiger charge is 2.20. The molecule has 0 aliphatic rings. The van der Waals surface area contributed by atoms with E-state index in [1.54, 1.807) is 0 Å². The molecule has 0 atom stereocenters. The summed E-state index contributed by atoms with van der Waals surface area (Å²) >= 11 is 0. The highest BCUT2D eigenvalue weighted by atomic mass is 32.2. The van der Waals surface area contributed by atoms with Crippen LogP contribution in [0.2, 0.25) is 0 Å². The molecule has 0 fully saturated rings. The van der Waals surface area contributed by atoms with E-state index in [0.717, 1.165) is 6.07 Å². The number of nitro groups is 1. The highest BCUT2D eigenvalue weighted by molar-refractivity contribution is 7.89. The zero-order valence-corrected chi connectivity index (χ0v) is 17.2. The van der Waals surface area contributed by atoms with Crippen LogP contribution in [-0.4, -0.2) is 33.5 Å². The number of rotatable bonds is 8. The predicted octanol–water partition coefficient (Wildman–Crippen LogP) is 3.29. The van der Waals surface area contributed by atoms with Gasteiger partial charge in [-0.1, -0.05) is 32.9 Å². The Bertz CT molecular complexity index is 935. The Morgan fingerprint density at radius 3 is 2.29 bits per heavy atom. The maximum atomic E-state index is 11.8. The Balaban J connectivity index is 2.00. The molecule has 0 bridgehead atoms. The van der Waals surface area contributed by atoms with E-state index >= 15 is 0 Å². The molecule has 2 N–H and O–H groups in total. The second-order valence-electron chi connectivity index (χ2n) is 7.19. The monoisotopic (exact) mass is 407 g/mol. The van der Waals surface area contributed by atoms with Gasteiger partial charge in [-0.15, -0.1) is 0 Å². The quantitative estimate of drug-likeness (QED) is 0.395. The Labute approximate surface area is 165 Å². The summed E-state index contributed by atoms with van der Waals surface area (Å²) in [5.41, 5.74) is 1.18. The summed E-state index contributed by atoms with van der Waals surface area (Å²) in [5, 5.41) is 14.2. The van der Waals surface area contributed by atoms with Crippen LogP contribution < -0.4 is 14.8 Å². The summed E-state index contributed by atoms with van der Waals surface area (Å²) < 4.78 is 31.4. The number of anilines is 1. The van der Waals surface area contributed by atoms with Crippen LogP contribution in [-0.2, 0) is 15.4 Å². The lowest BCUT2D eigenvalue weighted by molar-refractivity contribution is -0.384. The fourth-order valence-corrected chi connectivity index (χ4v) is 3.25. The molecular formula is C19H25N3O5S. The SMILES string of the molecule is CNS(=O)(=O)c1ccc(NCCOc2ccc(C(C)(C)C)cc2)c([N+](=O)[O-])c1. The van der Waals surface area contributed by atoms with E-state index in [4.69, 9.17) is 4.74 Å². The van der Waals surface area contributed by atoms with E-state index in [-0.39, 0.29) is 21.7 Å². The van der Waals surface area contributed by atoms with Crippen molar-refractivity contribution in [3.05, 3.63) is 58.1 Å². The van der Waals surface area contributed by atoms with Crippen molar-refractivity contribution in [1.82, 2.24) is 4.72 Å². The summed E-state index contributed by atoms with van der Waals surface area (Å²) in [7, 11) is -2.50. The van der Waals surface area contributed by atoms with E-state index in [9.17, 15) is 18.5 Å². The van der Waals surface area contributed by atoms with Crippen LogP contribution in [0.3, 0.4) is 0 Å². The van der Waals surface area contributed by atoms with Gasteiger partial charge in [-0.25, -0.2) is 13.1 Å². The predicted molar refractivity (Wildman–Crippen MR) is 108 cm³/mol. The third kappa shape index (κ3) is 5.43. The number of nitrogens with zero attached hydrogens (tertiary/aromatic N) is 1. The lowest BCUT2D eigenvalue weighted by Crippen LogP contribution is -2.19. The van der Waals surface area contributed by atoms with Gasteiger partial charge in [0.1, 0.15) is 18.0 Å². The van der Waals surface area contributed by atoms with Crippen molar-refractivity contribution in [2.45, 2.75) is 31.1 Å². The van der Waals surface area contributed by atoms with E-state index in [1.165, 1.54) is 24.7 Å². The van der Waals surface area contributed by atoms with Crippen LogP contribution in [0, 0.1) is 10.1 Å². The smallest absolute Gasteiger partial charge is 0.293 e. The van der Waals surface area contributed by atoms with Gasteiger partial charge >= 0.3 is 0 Å². The average Bonchev–Trinajstić information content (AvgIpc) is 2.64. The van der Waals surface area contributed by atoms with Gasteiger partial charge in [0, 0.05) is 12.6 Å². The third-order valence-corrected chi connectivity index (χ3v) is 5.56. The normalized spacial score (nSPS) is 11.9. The van der Waals surface area contributed by atoms with E-state index in [1.807, 2.05) is 24.3 Å². The fraction of sp³-hybridized carbons (Fsp3) is 0.368. The number of nitrogens with one attached hydrogen (secondary N) is 2. The van der Waals surface area contributed by atoms with Gasteiger partial charge in [-0.3, -0.25) is 10.1 Å². The van der Waals surface area contributed by atoms with Crippen LogP contribution in [0.5, 0.6) is 5.75 Å². The molecule has 152 valence electrons. The van der Waals surface area contributed by atoms with Crippen molar-refractivity contribution in [3.63, 3.8) is 0 Å². The van der Waals surface area contributed by atoms with Gasteiger partial charge in [0.25, 0.3) is 5.69 Å². The van der Waals surface area contributed by atoms with E-state index in [2.05, 4.69) is 30.8 Å². The van der Waals surface area contributed by atoms with Crippen LogP contribution >= 0.6 is 0 Å². The molecule has 8 nitrogen and oxygen atoms in total. The van der Waals surface area contributed by atoms with Crippen molar-refractivity contribution >= 4 is 21.4 Å². The lowest BCUT2D eigenvalue weighted by Gasteiger charge is -2.19. The molecule has 0 aliphatic heterocycles. The van der Waals surface area contributed by atoms with Crippen LogP contribution in [0.4, 0.5) is 11.4 Å². The van der Waals surface area contributed by atoms with Crippen molar-refractivity contribution in [2.24, 2.45) is 0 Å². The molecule has 0 saturated carbocycles. The Morgan fingerprint density at radius 1 is 1.11 bits per heavy atom. The molecule has 2 rings (SSSR count). The van der Waals surface area contributed by atoms with Gasteiger partial charge in [-0.05, 0) is 42.3 Å². The second-order valence-corrected chi connectivity index (χ2v) is 9.08. The summed E-state index contributed by atoms with van der Waals surface area (Å²) in [5.74, 6) is 0.708. The van der Waals surface area contributed by atoms with Gasteiger partial charge in [-0.2, -0.15) is 0 Å². The number of hydrogen-bond donors (Lipinski definition) is 2. The van der Waals surface area contributed by atoms with Gasteiger partial charge in [0.05, 0.1) is 9.82 Å². The molecule has 0 radical (unpaired) electrons. The summed E-state index contributed by atoms with van der Waals surface area (Å²) in [6.45, 7) is 7.01. The summed E-state index contributed by atoms with van der Waals surface area (Å²) in [6, 6.07) is 11.5. The molecule has 0 spiro atoms. The molecule has 0 amide bonds. The van der Waals surface area contributed by atoms with Crippen LogP contribution in [0.25, 0.3) is 0 Å². The first-order valence-corrected chi connectivity index (χ1v) is 10.2. The van der Waals surface area contributed by atoms with Crippen molar-refractivity contribution in [3.8, 4) is 5.75 Å². The molecule has 0 aliphatic carbocycles. The summed E-state index contributed by atoms with van der Waals surface area (Å²) in [6.07, 6.45) is 0. The first-order chi connectivity index (χ1) is 13.0. The maximum Gasteiger partial charge on any atom is 0.293 e. The zero-order chi connectivity index (χ0) is 20.9. The summed E-state index contributed by atoms with van der Waals surface area (Å²) in [4.78, 5) is 10.5. The van der Waals surface area contributed by atoms with Crippen molar-refractivity contribution < 1.29 is 18.1 Å². The molecule has 28 heavy (non-hydrogen) atoms. The molecule has 0 heterocycles. The first kappa shape index (κ1) is 21.6. The average molecular weight is 407 g/mol. The number of benzene rings is 2. The first-order valence-electron chi connectivity index (χ1n) is 8.74. The topological polar surface area (TPSA) is 111 Å². The van der Waals surface area contributed by atoms with Crippen LogP contribution in [0.1, 0.15) is 26.3 Å². The maximum absolute atomic E-state index is 11.8. The lowest BCUT2D eigenvalue weighted by atomic mass is 9.87. The molecule has 9 heteroatoms. The van der Waals surface area contributed by atoms with Crippen molar-refractivity contribution in [1.29, 1.82) is 0 Å². The number of nitro benzene ring substituents is 1. The van der Waals surface area contributed by atoms with Crippen LogP contribution in [0.15, 0.2) is 47.4 Å². The molecule has 2 aromatic carbocycles. The number of sulfonamides is 1. The van der Waals surface area contributed by atoms with Gasteiger partial charge in [0.15, 0.2) is 0 Å². The highest BCUT2D eigenvalue weighted by Crippen LogP contribution is 2.27. The second kappa shape index (κ2) is 8.57. The van der Waals surface area contributed by atoms with Gasteiger partial charge < -0.3 is 10.1 Å². The van der Waals surface area contributed by atoms with Crippen molar-refractivity contribution in [2.75, 3.05) is 25.5 Å². The standard InChI is InChI=1S/C19H25N3O5S/c1-19(2,3)14-5-7-15(8-6-14)27-12-11-21-17-10-9-16(28(25,26)20-4)13-18(17)22(23)24/h5-10,13,20-21H,11-12H2,1-4H3. The van der Waals surface area contributed by atoms with E-state index < -0.39 is 14.9 Å². The molecule has 0 unspecified atom stereocenters. The minimum Gasteiger partial charge on any atom is -0.492 e. The largest absolute Gasteiger partial charge is 0.492 e. The molecule has 0 aromatic heterocycles. The minimum atomic E-state index is -3.75. The Morgan fingerprint density at radius 2 is 1.75 bits per heavy atom. The Hall–Kier alpha value is -2.65. The van der Waals surface area contributed by atoms with E-state index in [0.29, 0.717) is 18.9 Å².